The first kappa shape index (κ1) is 20.3. The van der Waals surface area contributed by atoms with Crippen LogP contribution in [0.5, 0.6) is 11.6 Å². The Kier molecular flexibility index (Phi) is 6.80. The molecular formula is C21H26N6O2. The number of nitrogens with zero attached hydrogens (tertiary/aromatic N) is 3. The normalized spacial score (nSPS) is 16.8. The molecule has 1 aromatic heterocycles. The van der Waals surface area contributed by atoms with Crippen molar-refractivity contribution in [3.05, 3.63) is 60.3 Å². The Labute approximate surface area is 170 Å². The van der Waals surface area contributed by atoms with Crippen molar-refractivity contribution < 1.29 is 9.53 Å². The highest BCUT2D eigenvalue weighted by Gasteiger charge is 2.22. The fourth-order valence-corrected chi connectivity index (χ4v) is 3.00. The Bertz CT molecular complexity index is 891. The summed E-state index contributed by atoms with van der Waals surface area (Å²) in [4.78, 5) is 23.3. The van der Waals surface area contributed by atoms with Crippen molar-refractivity contribution >= 4 is 17.6 Å². The van der Waals surface area contributed by atoms with Gasteiger partial charge in [-0.05, 0) is 43.4 Å². The third-order valence-electron chi connectivity index (χ3n) is 4.60. The lowest BCUT2D eigenvalue weighted by Gasteiger charge is -2.25. The number of amidine groups is 1. The van der Waals surface area contributed by atoms with Gasteiger partial charge in [-0.25, -0.2) is 0 Å². The molecule has 1 fully saturated rings. The van der Waals surface area contributed by atoms with Crippen LogP contribution in [0.25, 0.3) is 0 Å². The Morgan fingerprint density at radius 1 is 1.38 bits per heavy atom. The van der Waals surface area contributed by atoms with E-state index in [2.05, 4.69) is 25.5 Å². The number of ether oxygens (including phenoxy) is 1. The number of hydrogen-bond donors (Lipinski definition) is 3. The van der Waals surface area contributed by atoms with Gasteiger partial charge >= 0.3 is 0 Å². The number of amides is 1. The molecule has 0 spiro atoms. The van der Waals surface area contributed by atoms with Crippen LogP contribution in [0.4, 0.5) is 5.82 Å². The predicted molar refractivity (Wildman–Crippen MR) is 115 cm³/mol. The average molecular weight is 394 g/mol. The van der Waals surface area contributed by atoms with Crippen LogP contribution in [0, 0.1) is 0 Å². The number of aliphatic imine (C=N–C) groups is 1. The maximum absolute atomic E-state index is 12.7. The molecule has 0 saturated carbocycles. The summed E-state index contributed by atoms with van der Waals surface area (Å²) in [6.07, 6.45) is 4.14. The maximum atomic E-state index is 12.7. The van der Waals surface area contributed by atoms with Crippen molar-refractivity contribution in [3.63, 3.8) is 0 Å². The van der Waals surface area contributed by atoms with E-state index in [-0.39, 0.29) is 5.84 Å². The van der Waals surface area contributed by atoms with Gasteiger partial charge in [0.2, 0.25) is 5.88 Å². The summed E-state index contributed by atoms with van der Waals surface area (Å²) in [6.45, 7) is 1.82. The van der Waals surface area contributed by atoms with Crippen LogP contribution in [-0.4, -0.2) is 50.0 Å². The summed E-state index contributed by atoms with van der Waals surface area (Å²) < 4.78 is 5.88. The zero-order chi connectivity index (χ0) is 20.6. The first-order valence-electron chi connectivity index (χ1n) is 9.47. The number of anilines is 1. The summed E-state index contributed by atoms with van der Waals surface area (Å²) in [5.41, 5.74) is 6.15. The van der Waals surface area contributed by atoms with Gasteiger partial charge in [-0.2, -0.15) is 9.98 Å². The van der Waals surface area contributed by atoms with Gasteiger partial charge in [-0.3, -0.25) is 4.79 Å². The molecule has 1 aliphatic rings. The van der Waals surface area contributed by atoms with Gasteiger partial charge < -0.3 is 26.0 Å². The van der Waals surface area contributed by atoms with Crippen LogP contribution < -0.4 is 26.0 Å². The summed E-state index contributed by atoms with van der Waals surface area (Å²) in [7, 11) is 3.70. The first-order chi connectivity index (χ1) is 14.1. The lowest BCUT2D eigenvalue weighted by Crippen LogP contribution is -2.34. The number of aromatic nitrogens is 1. The molecule has 0 radical (unpaired) electrons. The standard InChI is InChI=1S/C21H26N6O2/c1-23-10-9-18(22)25-21(28)15-12-19(27(2)16-8-11-24-14-16)26-20(13-15)29-17-6-4-3-5-7-17/h3-7,9-10,12-13,16,23-24H,8,11,14H2,1-2H3,(H2,22,25,28)/b10-9-. The summed E-state index contributed by atoms with van der Waals surface area (Å²) in [5, 5.41) is 6.15. The van der Waals surface area contributed by atoms with Crippen molar-refractivity contribution in [1.82, 2.24) is 15.6 Å². The van der Waals surface area contributed by atoms with E-state index in [1.165, 1.54) is 6.08 Å². The largest absolute Gasteiger partial charge is 0.439 e. The van der Waals surface area contributed by atoms with E-state index in [0.29, 0.717) is 29.1 Å². The molecule has 1 saturated heterocycles. The second kappa shape index (κ2) is 9.70. The third-order valence-corrected chi connectivity index (χ3v) is 4.60. The van der Waals surface area contributed by atoms with E-state index in [0.717, 1.165) is 19.5 Å². The molecule has 8 heteroatoms. The van der Waals surface area contributed by atoms with Crippen molar-refractivity contribution in [2.75, 3.05) is 32.1 Å². The molecule has 0 aliphatic carbocycles. The van der Waals surface area contributed by atoms with Crippen molar-refractivity contribution in [3.8, 4) is 11.6 Å². The molecule has 8 nitrogen and oxygen atoms in total. The number of carbonyl (C=O) groups excluding carboxylic acids is 1. The fraction of sp³-hybridized carbons (Fsp3) is 0.286. The molecule has 0 bridgehead atoms. The number of benzene rings is 1. The lowest BCUT2D eigenvalue weighted by molar-refractivity contribution is 0.100. The van der Waals surface area contributed by atoms with E-state index < -0.39 is 5.91 Å². The Morgan fingerprint density at radius 3 is 2.86 bits per heavy atom. The molecule has 3 rings (SSSR count). The molecular weight excluding hydrogens is 368 g/mol. The highest BCUT2D eigenvalue weighted by atomic mass is 16.5. The predicted octanol–water partition coefficient (Wildman–Crippen LogP) is 1.90. The Morgan fingerprint density at radius 2 is 2.17 bits per heavy atom. The second-order valence-electron chi connectivity index (χ2n) is 6.69. The zero-order valence-corrected chi connectivity index (χ0v) is 16.6. The van der Waals surface area contributed by atoms with Crippen LogP contribution in [-0.2, 0) is 0 Å². The van der Waals surface area contributed by atoms with Crippen LogP contribution in [0.15, 0.2) is 59.7 Å². The number of hydrogen-bond acceptors (Lipinski definition) is 6. The van der Waals surface area contributed by atoms with E-state index >= 15 is 0 Å². The van der Waals surface area contributed by atoms with Gasteiger partial charge in [0.05, 0.1) is 5.56 Å². The van der Waals surface area contributed by atoms with Gasteiger partial charge in [-0.1, -0.05) is 18.2 Å². The average Bonchev–Trinajstić information content (AvgIpc) is 3.27. The fourth-order valence-electron chi connectivity index (χ4n) is 3.00. The summed E-state index contributed by atoms with van der Waals surface area (Å²) in [5.74, 6) is 1.27. The molecule has 29 heavy (non-hydrogen) atoms. The second-order valence-corrected chi connectivity index (χ2v) is 6.69. The first-order valence-corrected chi connectivity index (χ1v) is 9.47. The highest BCUT2D eigenvalue weighted by molar-refractivity contribution is 6.06. The third kappa shape index (κ3) is 5.55. The summed E-state index contributed by atoms with van der Waals surface area (Å²) in [6, 6.07) is 12.9. The molecule has 1 unspecified atom stereocenters. The van der Waals surface area contributed by atoms with Crippen molar-refractivity contribution in [2.24, 2.45) is 10.7 Å². The molecule has 1 amide bonds. The van der Waals surface area contributed by atoms with Gasteiger partial charge in [0, 0.05) is 32.7 Å². The maximum Gasteiger partial charge on any atom is 0.279 e. The van der Waals surface area contributed by atoms with E-state index in [9.17, 15) is 4.79 Å². The monoisotopic (exact) mass is 394 g/mol. The van der Waals surface area contributed by atoms with Crippen LogP contribution in [0.2, 0.25) is 0 Å². The van der Waals surface area contributed by atoms with Crippen molar-refractivity contribution in [2.45, 2.75) is 12.5 Å². The molecule has 2 heterocycles. The van der Waals surface area contributed by atoms with Crippen molar-refractivity contribution in [1.29, 1.82) is 0 Å². The number of likely N-dealkylation sites (N-methyl/N-ethyl adjacent to an activating group) is 1. The minimum atomic E-state index is -0.456. The molecule has 152 valence electrons. The van der Waals surface area contributed by atoms with Gasteiger partial charge in [0.1, 0.15) is 17.4 Å². The van der Waals surface area contributed by atoms with E-state index in [1.54, 1.807) is 25.4 Å². The quantitative estimate of drug-likeness (QED) is 0.487. The van der Waals surface area contributed by atoms with E-state index in [4.69, 9.17) is 10.5 Å². The number of rotatable bonds is 7. The minimum absolute atomic E-state index is 0.113. The highest BCUT2D eigenvalue weighted by Crippen LogP contribution is 2.26. The topological polar surface area (TPSA) is 105 Å². The molecule has 1 aliphatic heterocycles. The van der Waals surface area contributed by atoms with Gasteiger partial charge in [0.25, 0.3) is 5.91 Å². The molecule has 2 aromatic rings. The SMILES string of the molecule is CN/C=C\C(N)=NC(=O)c1cc(Oc2ccccc2)nc(N(C)C2CCNC2)c1. The number of nitrogens with one attached hydrogen (secondary N) is 2. The Hall–Kier alpha value is -3.39. The lowest BCUT2D eigenvalue weighted by atomic mass is 10.2. The van der Waals surface area contributed by atoms with E-state index in [1.807, 2.05) is 37.4 Å². The van der Waals surface area contributed by atoms with Gasteiger partial charge in [-0.15, -0.1) is 0 Å². The Balaban J connectivity index is 1.93. The number of pyridine rings is 1. The minimum Gasteiger partial charge on any atom is -0.439 e. The molecule has 4 N–H and O–H groups in total. The molecule has 1 atom stereocenters. The number of nitrogens with two attached hydrogens (primary N) is 1. The summed E-state index contributed by atoms with van der Waals surface area (Å²) >= 11 is 0. The smallest absolute Gasteiger partial charge is 0.279 e. The zero-order valence-electron chi connectivity index (χ0n) is 16.6. The van der Waals surface area contributed by atoms with Gasteiger partial charge in [0.15, 0.2) is 0 Å². The number of para-hydroxylation sites is 1. The van der Waals surface area contributed by atoms with Crippen LogP contribution in [0.1, 0.15) is 16.8 Å². The number of carbonyl (C=O) groups is 1. The van der Waals surface area contributed by atoms with Crippen LogP contribution in [0.3, 0.4) is 0 Å². The molecule has 1 aromatic carbocycles. The van der Waals surface area contributed by atoms with Crippen LogP contribution >= 0.6 is 0 Å².